The smallest absolute Gasteiger partial charge is 0.171 e. The molecule has 3 rings (SSSR count). The van der Waals surface area contributed by atoms with Gasteiger partial charge in [-0.05, 0) is 49.4 Å². The topological polar surface area (TPSA) is 18.5 Å². The van der Waals surface area contributed by atoms with E-state index in [1.54, 1.807) is 0 Å². The number of thiocarbonyl (C=S) groups is 1. The molecule has 1 heterocycles. The molecule has 0 spiro atoms. The lowest BCUT2D eigenvalue weighted by molar-refractivity contribution is 0.139. The van der Waals surface area contributed by atoms with Gasteiger partial charge in [-0.1, -0.05) is 42.5 Å². The Morgan fingerprint density at radius 1 is 1.18 bits per heavy atom. The Morgan fingerprint density at radius 3 is 2.82 bits per heavy atom. The molecule has 1 saturated heterocycles. The van der Waals surface area contributed by atoms with Crippen LogP contribution in [0.2, 0.25) is 0 Å². The Bertz CT molecular complexity index is 514. The first-order valence-corrected chi connectivity index (χ1v) is 8.66. The summed E-state index contributed by atoms with van der Waals surface area (Å²) in [6.45, 7) is 3.85. The van der Waals surface area contributed by atoms with Crippen LogP contribution < -0.4 is 5.32 Å². The molecule has 22 heavy (non-hydrogen) atoms. The summed E-state index contributed by atoms with van der Waals surface area (Å²) in [6, 6.07) is 10.6. The van der Waals surface area contributed by atoms with Crippen molar-refractivity contribution in [1.82, 2.24) is 15.1 Å². The van der Waals surface area contributed by atoms with Crippen LogP contribution in [0, 0.1) is 5.92 Å². The number of allylic oxidation sites excluding steroid dienone is 2. The number of benzene rings is 1. The van der Waals surface area contributed by atoms with Crippen LogP contribution in [0.25, 0.3) is 0 Å². The molecule has 1 fully saturated rings. The lowest BCUT2D eigenvalue weighted by Crippen LogP contribution is -2.55. The van der Waals surface area contributed by atoms with E-state index < -0.39 is 0 Å². The molecule has 1 aliphatic carbocycles. The van der Waals surface area contributed by atoms with E-state index in [9.17, 15) is 0 Å². The Morgan fingerprint density at radius 2 is 2.05 bits per heavy atom. The predicted octanol–water partition coefficient (Wildman–Crippen LogP) is 3.34. The first-order chi connectivity index (χ1) is 10.8. The largest absolute Gasteiger partial charge is 0.350 e. The van der Waals surface area contributed by atoms with Crippen molar-refractivity contribution in [2.24, 2.45) is 5.92 Å². The predicted molar refractivity (Wildman–Crippen MR) is 95.3 cm³/mol. The van der Waals surface area contributed by atoms with Gasteiger partial charge in [0.1, 0.15) is 0 Å². The molecule has 3 nitrogen and oxygen atoms in total. The van der Waals surface area contributed by atoms with Crippen molar-refractivity contribution in [3.63, 3.8) is 0 Å². The number of nitrogens with zero attached hydrogens (tertiary/aromatic N) is 2. The van der Waals surface area contributed by atoms with Gasteiger partial charge in [-0.3, -0.25) is 4.90 Å². The standard InChI is InChI=1S/C18H25N3S/c22-18-19-14-20(12-11-16-7-3-1-4-8-16)15-21(18)13-17-9-5-2-6-10-17/h1-3,5-6,9-10,16H,4,7-8,11-15H2,(H,19,22)/t16-/m1/s1. The van der Waals surface area contributed by atoms with Crippen molar-refractivity contribution in [3.8, 4) is 0 Å². The lowest BCUT2D eigenvalue weighted by atomic mass is 9.91. The van der Waals surface area contributed by atoms with Gasteiger partial charge in [0.25, 0.3) is 0 Å². The fourth-order valence-corrected chi connectivity index (χ4v) is 3.39. The van der Waals surface area contributed by atoms with Crippen LogP contribution in [0.15, 0.2) is 42.5 Å². The number of hydrogen-bond acceptors (Lipinski definition) is 2. The first-order valence-electron chi connectivity index (χ1n) is 8.25. The van der Waals surface area contributed by atoms with E-state index in [0.717, 1.165) is 37.5 Å². The van der Waals surface area contributed by atoms with Gasteiger partial charge in [0, 0.05) is 13.1 Å². The molecule has 1 aromatic carbocycles. The highest BCUT2D eigenvalue weighted by Gasteiger charge is 2.21. The zero-order valence-corrected chi connectivity index (χ0v) is 13.9. The van der Waals surface area contributed by atoms with E-state index in [1.807, 2.05) is 0 Å². The molecule has 1 atom stereocenters. The zero-order chi connectivity index (χ0) is 15.2. The summed E-state index contributed by atoms with van der Waals surface area (Å²) in [6.07, 6.45) is 9.82. The third-order valence-corrected chi connectivity index (χ3v) is 4.96. The quantitative estimate of drug-likeness (QED) is 0.663. The average molecular weight is 315 g/mol. The molecule has 1 aromatic rings. The fourth-order valence-electron chi connectivity index (χ4n) is 3.21. The number of nitrogens with one attached hydrogen (secondary N) is 1. The molecule has 0 aromatic heterocycles. The molecular weight excluding hydrogens is 290 g/mol. The van der Waals surface area contributed by atoms with Crippen LogP contribution >= 0.6 is 12.2 Å². The maximum atomic E-state index is 5.47. The molecule has 0 amide bonds. The van der Waals surface area contributed by atoms with E-state index in [0.29, 0.717) is 0 Å². The van der Waals surface area contributed by atoms with Gasteiger partial charge in [0.2, 0.25) is 0 Å². The zero-order valence-electron chi connectivity index (χ0n) is 13.1. The molecule has 2 aliphatic rings. The second-order valence-electron chi connectivity index (χ2n) is 6.30. The Balaban J connectivity index is 1.49. The van der Waals surface area contributed by atoms with Gasteiger partial charge in [-0.25, -0.2) is 0 Å². The maximum Gasteiger partial charge on any atom is 0.171 e. The fraction of sp³-hybridized carbons (Fsp3) is 0.500. The summed E-state index contributed by atoms with van der Waals surface area (Å²) in [4.78, 5) is 4.73. The Labute approximate surface area is 139 Å². The molecule has 118 valence electrons. The molecule has 0 bridgehead atoms. The van der Waals surface area contributed by atoms with Gasteiger partial charge in [-0.2, -0.15) is 0 Å². The summed E-state index contributed by atoms with van der Waals surface area (Å²) in [5.41, 5.74) is 1.31. The summed E-state index contributed by atoms with van der Waals surface area (Å²) >= 11 is 5.47. The Hall–Kier alpha value is -1.39. The molecule has 0 radical (unpaired) electrons. The Kier molecular flexibility index (Phi) is 5.46. The minimum absolute atomic E-state index is 0.862. The lowest BCUT2D eigenvalue weighted by Gasteiger charge is -2.38. The normalized spacial score (nSPS) is 22.6. The summed E-state index contributed by atoms with van der Waals surface area (Å²) in [5.74, 6) is 0.862. The van der Waals surface area contributed by atoms with Crippen LogP contribution in [0.5, 0.6) is 0 Å². The molecular formula is C18H25N3S. The van der Waals surface area contributed by atoms with Crippen molar-refractivity contribution >= 4 is 17.3 Å². The minimum atomic E-state index is 0.862. The summed E-state index contributed by atoms with van der Waals surface area (Å²) in [5, 5.41) is 4.24. The molecule has 1 N–H and O–H groups in total. The average Bonchev–Trinajstić information content (AvgIpc) is 2.57. The van der Waals surface area contributed by atoms with E-state index in [1.165, 1.54) is 31.2 Å². The van der Waals surface area contributed by atoms with Crippen LogP contribution in [0.3, 0.4) is 0 Å². The summed E-state index contributed by atoms with van der Waals surface area (Å²) in [7, 11) is 0. The van der Waals surface area contributed by atoms with Gasteiger partial charge < -0.3 is 10.2 Å². The van der Waals surface area contributed by atoms with Gasteiger partial charge in [-0.15, -0.1) is 0 Å². The molecule has 0 unspecified atom stereocenters. The van der Waals surface area contributed by atoms with Gasteiger partial charge in [0.05, 0.1) is 13.3 Å². The van der Waals surface area contributed by atoms with Gasteiger partial charge >= 0.3 is 0 Å². The highest BCUT2D eigenvalue weighted by atomic mass is 32.1. The van der Waals surface area contributed by atoms with Crippen molar-refractivity contribution < 1.29 is 0 Å². The van der Waals surface area contributed by atoms with Crippen LogP contribution in [-0.2, 0) is 6.54 Å². The van der Waals surface area contributed by atoms with E-state index in [-0.39, 0.29) is 0 Å². The SMILES string of the molecule is S=C1NCN(CC[C@@H]2CC=CCC2)CN1Cc1ccccc1. The van der Waals surface area contributed by atoms with Crippen molar-refractivity contribution in [2.75, 3.05) is 19.9 Å². The van der Waals surface area contributed by atoms with Crippen molar-refractivity contribution in [2.45, 2.75) is 32.2 Å². The van der Waals surface area contributed by atoms with Crippen molar-refractivity contribution in [1.29, 1.82) is 0 Å². The van der Waals surface area contributed by atoms with Gasteiger partial charge in [0.15, 0.2) is 5.11 Å². The third kappa shape index (κ3) is 4.31. The third-order valence-electron chi connectivity index (χ3n) is 4.56. The van der Waals surface area contributed by atoms with E-state index in [4.69, 9.17) is 12.2 Å². The molecule has 1 aliphatic heterocycles. The molecule has 4 heteroatoms. The van der Waals surface area contributed by atoms with Crippen LogP contribution in [0.1, 0.15) is 31.2 Å². The van der Waals surface area contributed by atoms with Crippen LogP contribution in [0.4, 0.5) is 0 Å². The van der Waals surface area contributed by atoms with Crippen molar-refractivity contribution in [3.05, 3.63) is 48.0 Å². The maximum absolute atomic E-state index is 5.47. The van der Waals surface area contributed by atoms with Crippen LogP contribution in [-0.4, -0.2) is 34.8 Å². The molecule has 0 saturated carbocycles. The number of rotatable bonds is 5. The highest BCUT2D eigenvalue weighted by molar-refractivity contribution is 7.80. The highest BCUT2D eigenvalue weighted by Crippen LogP contribution is 2.22. The van der Waals surface area contributed by atoms with E-state index in [2.05, 4.69) is 57.6 Å². The second kappa shape index (κ2) is 7.75. The second-order valence-corrected chi connectivity index (χ2v) is 6.69. The van der Waals surface area contributed by atoms with E-state index >= 15 is 0 Å². The minimum Gasteiger partial charge on any atom is -0.350 e. The first kappa shape index (κ1) is 15.5. The number of hydrogen-bond donors (Lipinski definition) is 1. The summed E-state index contributed by atoms with van der Waals surface area (Å²) < 4.78 is 0. The monoisotopic (exact) mass is 315 g/mol.